The summed E-state index contributed by atoms with van der Waals surface area (Å²) in [6, 6.07) is 15.8. The van der Waals surface area contributed by atoms with E-state index < -0.39 is 6.04 Å². The highest BCUT2D eigenvalue weighted by atomic mass is 19.1. The first-order valence-electron chi connectivity index (χ1n) is 9.88. The van der Waals surface area contributed by atoms with E-state index in [4.69, 9.17) is 5.73 Å². The summed E-state index contributed by atoms with van der Waals surface area (Å²) in [5.41, 5.74) is 8.40. The van der Waals surface area contributed by atoms with Crippen LogP contribution in [0.15, 0.2) is 60.8 Å². The highest BCUT2D eigenvalue weighted by Crippen LogP contribution is 2.31. The van der Waals surface area contributed by atoms with Crippen molar-refractivity contribution in [1.82, 2.24) is 19.9 Å². The number of amides is 1. The second kappa shape index (κ2) is 8.53. The Labute approximate surface area is 169 Å². The van der Waals surface area contributed by atoms with Gasteiger partial charge >= 0.3 is 0 Å². The number of carbonyl (C=O) groups is 1. The predicted molar refractivity (Wildman–Crippen MR) is 108 cm³/mol. The first-order valence-corrected chi connectivity index (χ1v) is 9.88. The van der Waals surface area contributed by atoms with Crippen molar-refractivity contribution >= 4 is 5.91 Å². The van der Waals surface area contributed by atoms with E-state index in [1.807, 2.05) is 41.4 Å². The van der Waals surface area contributed by atoms with Crippen molar-refractivity contribution in [3.05, 3.63) is 77.9 Å². The van der Waals surface area contributed by atoms with Gasteiger partial charge in [0, 0.05) is 19.0 Å². The summed E-state index contributed by atoms with van der Waals surface area (Å²) in [5.74, 6) is -0.308. The van der Waals surface area contributed by atoms with Crippen molar-refractivity contribution < 1.29 is 9.18 Å². The van der Waals surface area contributed by atoms with Gasteiger partial charge in [0.25, 0.3) is 0 Å². The first kappa shape index (κ1) is 19.3. The molecule has 0 bridgehead atoms. The molecule has 4 rings (SSSR count). The molecule has 1 amide bonds. The van der Waals surface area contributed by atoms with Crippen molar-refractivity contribution in [1.29, 1.82) is 0 Å². The second-order valence-electron chi connectivity index (χ2n) is 7.43. The number of likely N-dealkylation sites (tertiary alicyclic amines) is 1. The summed E-state index contributed by atoms with van der Waals surface area (Å²) < 4.78 is 15.6. The van der Waals surface area contributed by atoms with Gasteiger partial charge in [-0.2, -0.15) is 0 Å². The zero-order valence-electron chi connectivity index (χ0n) is 16.1. The van der Waals surface area contributed by atoms with E-state index in [1.165, 1.54) is 6.07 Å². The maximum Gasteiger partial charge on any atom is 0.224 e. The largest absolute Gasteiger partial charge is 0.334 e. The highest BCUT2D eigenvalue weighted by molar-refractivity contribution is 5.77. The van der Waals surface area contributed by atoms with Gasteiger partial charge in [0.1, 0.15) is 11.5 Å². The maximum absolute atomic E-state index is 13.8. The molecule has 0 aliphatic carbocycles. The Balaban J connectivity index is 1.42. The van der Waals surface area contributed by atoms with Crippen LogP contribution in [-0.4, -0.2) is 38.4 Å². The zero-order valence-corrected chi connectivity index (χ0v) is 16.1. The number of nitrogens with two attached hydrogens (primary N) is 1. The molecule has 0 spiro atoms. The molecule has 6 nitrogen and oxygen atoms in total. The van der Waals surface area contributed by atoms with Gasteiger partial charge in [0.15, 0.2) is 0 Å². The van der Waals surface area contributed by atoms with Crippen LogP contribution in [0.1, 0.15) is 36.6 Å². The third-order valence-corrected chi connectivity index (χ3v) is 5.32. The first-order chi connectivity index (χ1) is 14.1. The van der Waals surface area contributed by atoms with E-state index in [0.717, 1.165) is 24.2 Å². The smallest absolute Gasteiger partial charge is 0.224 e. The Hall–Kier alpha value is -3.06. The molecule has 2 N–H and O–H groups in total. The summed E-state index contributed by atoms with van der Waals surface area (Å²) in [6.07, 6.45) is 4.16. The monoisotopic (exact) mass is 393 g/mol. The van der Waals surface area contributed by atoms with E-state index >= 15 is 0 Å². The summed E-state index contributed by atoms with van der Waals surface area (Å²) >= 11 is 0. The van der Waals surface area contributed by atoms with Crippen LogP contribution in [0.4, 0.5) is 4.39 Å². The summed E-state index contributed by atoms with van der Waals surface area (Å²) in [4.78, 5) is 14.7. The van der Waals surface area contributed by atoms with Gasteiger partial charge < -0.3 is 10.6 Å². The highest BCUT2D eigenvalue weighted by Gasteiger charge is 2.32. The van der Waals surface area contributed by atoms with Crippen LogP contribution < -0.4 is 5.73 Å². The normalized spacial score (nSPS) is 17.4. The number of hydrogen-bond acceptors (Lipinski definition) is 4. The van der Waals surface area contributed by atoms with Crippen LogP contribution in [0.2, 0.25) is 0 Å². The van der Waals surface area contributed by atoms with Crippen LogP contribution in [0.25, 0.3) is 5.69 Å². The SMILES string of the molecule is NC(CC(=O)N1CCC[C@H]1c1cn(-c2ccccc2)nn1)Cc1ccccc1F. The molecular formula is C22H24FN5O. The molecule has 1 aliphatic heterocycles. The van der Waals surface area contributed by atoms with Crippen LogP contribution in [0.3, 0.4) is 0 Å². The number of rotatable bonds is 6. The molecule has 0 saturated carbocycles. The molecule has 2 atom stereocenters. The minimum atomic E-state index is -0.430. The average Bonchev–Trinajstić information content (AvgIpc) is 3.40. The molecule has 29 heavy (non-hydrogen) atoms. The third-order valence-electron chi connectivity index (χ3n) is 5.32. The lowest BCUT2D eigenvalue weighted by Crippen LogP contribution is -2.36. The fourth-order valence-corrected chi connectivity index (χ4v) is 3.87. The van der Waals surface area contributed by atoms with Crippen LogP contribution in [-0.2, 0) is 11.2 Å². The van der Waals surface area contributed by atoms with Crippen molar-refractivity contribution in [3.8, 4) is 5.69 Å². The topological polar surface area (TPSA) is 77.0 Å². The summed E-state index contributed by atoms with van der Waals surface area (Å²) in [5, 5.41) is 8.52. The number of hydrogen-bond donors (Lipinski definition) is 1. The Kier molecular flexibility index (Phi) is 5.67. The van der Waals surface area contributed by atoms with Crippen molar-refractivity contribution in [3.63, 3.8) is 0 Å². The molecule has 2 heterocycles. The maximum atomic E-state index is 13.8. The predicted octanol–water partition coefficient (Wildman–Crippen LogP) is 3.03. The van der Waals surface area contributed by atoms with Gasteiger partial charge in [0.2, 0.25) is 5.91 Å². The molecule has 3 aromatic rings. The van der Waals surface area contributed by atoms with E-state index in [2.05, 4.69) is 10.3 Å². The zero-order chi connectivity index (χ0) is 20.2. The lowest BCUT2D eigenvalue weighted by molar-refractivity contribution is -0.132. The quantitative estimate of drug-likeness (QED) is 0.698. The molecule has 0 radical (unpaired) electrons. The Morgan fingerprint density at radius 3 is 2.72 bits per heavy atom. The van der Waals surface area contributed by atoms with Crippen molar-refractivity contribution in [2.45, 2.75) is 37.8 Å². The van der Waals surface area contributed by atoms with Crippen molar-refractivity contribution in [2.24, 2.45) is 5.73 Å². The van der Waals surface area contributed by atoms with Crippen molar-refractivity contribution in [2.75, 3.05) is 6.54 Å². The number of halogens is 1. The lowest BCUT2D eigenvalue weighted by atomic mass is 10.0. The molecule has 1 fully saturated rings. The molecule has 1 aromatic heterocycles. The molecule has 7 heteroatoms. The van der Waals surface area contributed by atoms with Gasteiger partial charge in [-0.1, -0.05) is 41.6 Å². The Morgan fingerprint density at radius 1 is 1.17 bits per heavy atom. The Bertz CT molecular complexity index is 974. The number of benzene rings is 2. The molecule has 1 saturated heterocycles. The number of nitrogens with zero attached hydrogens (tertiary/aromatic N) is 4. The standard InChI is InChI=1S/C22H24FN5O/c23-19-10-5-4-7-16(19)13-17(24)14-22(29)27-12-6-11-21(27)20-15-28(26-25-20)18-8-2-1-3-9-18/h1-5,7-10,15,17,21H,6,11-14,24H2/t17?,21-/m0/s1. The molecule has 1 unspecified atom stereocenters. The third kappa shape index (κ3) is 4.35. The van der Waals surface area contributed by atoms with E-state index in [1.54, 1.807) is 22.9 Å². The van der Waals surface area contributed by atoms with Gasteiger partial charge in [-0.25, -0.2) is 9.07 Å². The van der Waals surface area contributed by atoms with E-state index in [0.29, 0.717) is 18.5 Å². The number of aromatic nitrogens is 3. The summed E-state index contributed by atoms with van der Waals surface area (Å²) in [6.45, 7) is 0.675. The number of carbonyl (C=O) groups excluding carboxylic acids is 1. The van der Waals surface area contributed by atoms with E-state index in [9.17, 15) is 9.18 Å². The molecular weight excluding hydrogens is 369 g/mol. The van der Waals surface area contributed by atoms with Gasteiger partial charge in [-0.3, -0.25) is 4.79 Å². The molecule has 1 aliphatic rings. The summed E-state index contributed by atoms with van der Waals surface area (Å²) in [7, 11) is 0. The fourth-order valence-electron chi connectivity index (χ4n) is 3.87. The second-order valence-corrected chi connectivity index (χ2v) is 7.43. The van der Waals surface area contributed by atoms with Gasteiger partial charge in [-0.05, 0) is 43.0 Å². The van der Waals surface area contributed by atoms with Crippen LogP contribution in [0, 0.1) is 5.82 Å². The number of para-hydroxylation sites is 1. The minimum absolute atomic E-state index is 0.0226. The molecule has 150 valence electrons. The Morgan fingerprint density at radius 2 is 1.93 bits per heavy atom. The lowest BCUT2D eigenvalue weighted by Gasteiger charge is -2.24. The molecule has 2 aromatic carbocycles. The minimum Gasteiger partial charge on any atom is -0.334 e. The van der Waals surface area contributed by atoms with Gasteiger partial charge in [0.05, 0.1) is 17.9 Å². The fraction of sp³-hybridized carbons (Fsp3) is 0.318. The van der Waals surface area contributed by atoms with E-state index in [-0.39, 0.29) is 24.2 Å². The van der Waals surface area contributed by atoms with Crippen LogP contribution in [0.5, 0.6) is 0 Å². The van der Waals surface area contributed by atoms with Crippen LogP contribution >= 0.6 is 0 Å². The van der Waals surface area contributed by atoms with Gasteiger partial charge in [-0.15, -0.1) is 5.10 Å². The average molecular weight is 393 g/mol.